The van der Waals surface area contributed by atoms with Crippen LogP contribution in [0.3, 0.4) is 0 Å². The fourth-order valence-electron chi connectivity index (χ4n) is 1.95. The summed E-state index contributed by atoms with van der Waals surface area (Å²) in [5.74, 6) is 1.25. The first-order chi connectivity index (χ1) is 9.05. The number of aryl methyl sites for hydroxylation is 1. The number of nitrogens with one attached hydrogen (secondary N) is 1. The molecule has 0 fully saturated rings. The van der Waals surface area contributed by atoms with Gasteiger partial charge in [0.2, 0.25) is 0 Å². The molecule has 4 heteroatoms. The van der Waals surface area contributed by atoms with Gasteiger partial charge >= 0.3 is 0 Å². The van der Waals surface area contributed by atoms with Crippen LogP contribution in [0.4, 0.5) is 11.6 Å². The highest BCUT2D eigenvalue weighted by Crippen LogP contribution is 2.19. The van der Waals surface area contributed by atoms with Gasteiger partial charge in [-0.2, -0.15) is 0 Å². The summed E-state index contributed by atoms with van der Waals surface area (Å²) in [6, 6.07) is 12.2. The maximum atomic E-state index is 5.65. The lowest BCUT2D eigenvalue weighted by Gasteiger charge is -2.27. The van der Waals surface area contributed by atoms with Crippen LogP contribution < -0.4 is 11.1 Å². The van der Waals surface area contributed by atoms with Crippen LogP contribution in [0.2, 0.25) is 0 Å². The fourth-order valence-corrected chi connectivity index (χ4v) is 1.95. The van der Waals surface area contributed by atoms with Crippen molar-refractivity contribution in [2.24, 2.45) is 0 Å². The number of benzene rings is 1. The van der Waals surface area contributed by atoms with E-state index in [4.69, 9.17) is 5.73 Å². The second-order valence-electron chi connectivity index (χ2n) is 5.32. The molecule has 1 heterocycles. The summed E-state index contributed by atoms with van der Waals surface area (Å²) in [5, 5.41) is 3.40. The first kappa shape index (κ1) is 13.3. The van der Waals surface area contributed by atoms with Crippen molar-refractivity contribution in [3.63, 3.8) is 0 Å². The zero-order valence-corrected chi connectivity index (χ0v) is 11.4. The number of anilines is 2. The molecule has 0 spiro atoms. The number of nitrogens with zero attached hydrogens (tertiary/aromatic N) is 2. The maximum absolute atomic E-state index is 5.65. The third kappa shape index (κ3) is 4.25. The monoisotopic (exact) mass is 256 g/mol. The average Bonchev–Trinajstić information content (AvgIpc) is 2.37. The molecule has 4 nitrogen and oxygen atoms in total. The number of nitrogen functional groups attached to an aromatic ring is 1. The molecule has 0 saturated heterocycles. The van der Waals surface area contributed by atoms with E-state index in [9.17, 15) is 0 Å². The van der Waals surface area contributed by atoms with Crippen LogP contribution in [-0.4, -0.2) is 15.5 Å². The van der Waals surface area contributed by atoms with Gasteiger partial charge in [-0.1, -0.05) is 30.3 Å². The highest BCUT2D eigenvalue weighted by molar-refractivity contribution is 5.44. The predicted octanol–water partition coefficient (Wildman–Crippen LogP) is 2.88. The Morgan fingerprint density at radius 1 is 1.16 bits per heavy atom. The molecule has 0 aliphatic rings. The standard InChI is InChI=1S/C15H20N4/c1-15(2,9-8-12-6-4-3-5-7-12)19-14-10-13(16)17-11-18-14/h3-7,10-11H,8-9H2,1-2H3,(H3,16,17,18,19). The highest BCUT2D eigenvalue weighted by Gasteiger charge is 2.17. The maximum Gasteiger partial charge on any atom is 0.131 e. The molecular weight excluding hydrogens is 236 g/mol. The minimum atomic E-state index is -0.0450. The van der Waals surface area contributed by atoms with E-state index < -0.39 is 0 Å². The molecule has 100 valence electrons. The third-order valence-electron chi connectivity index (χ3n) is 3.04. The van der Waals surface area contributed by atoms with Gasteiger partial charge in [0.05, 0.1) is 0 Å². The Bertz CT molecular complexity index is 523. The van der Waals surface area contributed by atoms with Crippen LogP contribution in [0.15, 0.2) is 42.7 Å². The van der Waals surface area contributed by atoms with Gasteiger partial charge in [-0.3, -0.25) is 0 Å². The Morgan fingerprint density at radius 2 is 1.89 bits per heavy atom. The first-order valence-electron chi connectivity index (χ1n) is 6.45. The number of rotatable bonds is 5. The van der Waals surface area contributed by atoms with Crippen molar-refractivity contribution in [3.8, 4) is 0 Å². The van der Waals surface area contributed by atoms with E-state index in [1.54, 1.807) is 6.07 Å². The van der Waals surface area contributed by atoms with Crippen molar-refractivity contribution in [2.45, 2.75) is 32.2 Å². The van der Waals surface area contributed by atoms with Gasteiger partial charge in [0.15, 0.2) is 0 Å². The minimum Gasteiger partial charge on any atom is -0.384 e. The van der Waals surface area contributed by atoms with Crippen molar-refractivity contribution < 1.29 is 0 Å². The van der Waals surface area contributed by atoms with Crippen LogP contribution in [0.1, 0.15) is 25.8 Å². The molecule has 0 saturated carbocycles. The summed E-state index contributed by atoms with van der Waals surface area (Å²) >= 11 is 0. The van der Waals surface area contributed by atoms with Crippen LogP contribution in [0, 0.1) is 0 Å². The lowest BCUT2D eigenvalue weighted by molar-refractivity contribution is 0.516. The molecule has 0 radical (unpaired) electrons. The van der Waals surface area contributed by atoms with E-state index in [1.807, 2.05) is 6.07 Å². The number of hydrogen-bond donors (Lipinski definition) is 2. The molecule has 0 atom stereocenters. The smallest absolute Gasteiger partial charge is 0.131 e. The SMILES string of the molecule is CC(C)(CCc1ccccc1)Nc1cc(N)ncn1. The quantitative estimate of drug-likeness (QED) is 0.863. The van der Waals surface area contributed by atoms with Gasteiger partial charge in [0, 0.05) is 11.6 Å². The van der Waals surface area contributed by atoms with Crippen LogP contribution in [0.25, 0.3) is 0 Å². The molecule has 1 aromatic carbocycles. The van der Waals surface area contributed by atoms with E-state index in [0.717, 1.165) is 18.7 Å². The summed E-state index contributed by atoms with van der Waals surface area (Å²) < 4.78 is 0. The Labute approximate surface area is 114 Å². The molecule has 0 amide bonds. The van der Waals surface area contributed by atoms with Gasteiger partial charge in [-0.15, -0.1) is 0 Å². The van der Waals surface area contributed by atoms with E-state index in [0.29, 0.717) is 5.82 Å². The second-order valence-corrected chi connectivity index (χ2v) is 5.32. The largest absolute Gasteiger partial charge is 0.384 e. The molecule has 0 bridgehead atoms. The Hall–Kier alpha value is -2.10. The summed E-state index contributed by atoms with van der Waals surface area (Å²) in [4.78, 5) is 8.07. The van der Waals surface area contributed by atoms with Crippen molar-refractivity contribution in [1.29, 1.82) is 0 Å². The van der Waals surface area contributed by atoms with Gasteiger partial charge < -0.3 is 11.1 Å². The summed E-state index contributed by atoms with van der Waals surface area (Å²) in [6.07, 6.45) is 3.52. The minimum absolute atomic E-state index is 0.0450. The van der Waals surface area contributed by atoms with Gasteiger partial charge in [0.1, 0.15) is 18.0 Å². The van der Waals surface area contributed by atoms with Crippen LogP contribution >= 0.6 is 0 Å². The molecule has 0 aliphatic carbocycles. The molecule has 3 N–H and O–H groups in total. The average molecular weight is 256 g/mol. The fraction of sp³-hybridized carbons (Fsp3) is 0.333. The van der Waals surface area contributed by atoms with E-state index >= 15 is 0 Å². The predicted molar refractivity (Wildman–Crippen MR) is 78.9 cm³/mol. The number of aromatic nitrogens is 2. The Balaban J connectivity index is 1.95. The second kappa shape index (κ2) is 5.69. The summed E-state index contributed by atoms with van der Waals surface area (Å²) in [6.45, 7) is 4.32. The highest BCUT2D eigenvalue weighted by atomic mass is 15.1. The zero-order valence-electron chi connectivity index (χ0n) is 11.4. The van der Waals surface area contributed by atoms with Crippen LogP contribution in [0.5, 0.6) is 0 Å². The molecule has 2 rings (SSSR count). The summed E-state index contributed by atoms with van der Waals surface area (Å²) in [7, 11) is 0. The third-order valence-corrected chi connectivity index (χ3v) is 3.04. The molecule has 1 aromatic heterocycles. The van der Waals surface area contributed by atoms with Crippen LogP contribution in [-0.2, 0) is 6.42 Å². The molecule has 0 aliphatic heterocycles. The Kier molecular flexibility index (Phi) is 4.00. The van der Waals surface area contributed by atoms with Crippen molar-refractivity contribution in [3.05, 3.63) is 48.3 Å². The van der Waals surface area contributed by atoms with Crippen molar-refractivity contribution in [2.75, 3.05) is 11.1 Å². The molecule has 0 unspecified atom stereocenters. The summed E-state index contributed by atoms with van der Waals surface area (Å²) in [5.41, 5.74) is 6.95. The topological polar surface area (TPSA) is 63.8 Å². The number of nitrogens with two attached hydrogens (primary N) is 1. The normalized spacial score (nSPS) is 11.3. The zero-order chi connectivity index (χ0) is 13.7. The molecule has 2 aromatic rings. The van der Waals surface area contributed by atoms with E-state index in [2.05, 4.69) is 53.4 Å². The van der Waals surface area contributed by atoms with Crippen molar-refractivity contribution in [1.82, 2.24) is 9.97 Å². The van der Waals surface area contributed by atoms with Gasteiger partial charge in [-0.25, -0.2) is 9.97 Å². The van der Waals surface area contributed by atoms with Gasteiger partial charge in [-0.05, 0) is 32.3 Å². The van der Waals surface area contributed by atoms with Crippen molar-refractivity contribution >= 4 is 11.6 Å². The molecular formula is C15H20N4. The lowest BCUT2D eigenvalue weighted by Crippen LogP contribution is -2.32. The lowest BCUT2D eigenvalue weighted by atomic mass is 9.95. The first-order valence-corrected chi connectivity index (χ1v) is 6.45. The van der Waals surface area contributed by atoms with E-state index in [1.165, 1.54) is 11.9 Å². The number of hydrogen-bond acceptors (Lipinski definition) is 4. The molecule has 19 heavy (non-hydrogen) atoms. The Morgan fingerprint density at radius 3 is 2.58 bits per heavy atom. The van der Waals surface area contributed by atoms with Gasteiger partial charge in [0.25, 0.3) is 0 Å². The van der Waals surface area contributed by atoms with E-state index in [-0.39, 0.29) is 5.54 Å².